The lowest BCUT2D eigenvalue weighted by Gasteiger charge is -2.12. The molecule has 0 saturated carbocycles. The van der Waals surface area contributed by atoms with Crippen LogP contribution in [0.3, 0.4) is 0 Å². The van der Waals surface area contributed by atoms with E-state index >= 15 is 0 Å². The number of hydrogen-bond acceptors (Lipinski definition) is 3. The third-order valence-corrected chi connectivity index (χ3v) is 3.84. The fourth-order valence-electron chi connectivity index (χ4n) is 1.59. The molecule has 6 heteroatoms. The topological polar surface area (TPSA) is 38.7 Å². The Morgan fingerprint density at radius 2 is 1.70 bits per heavy atom. The summed E-state index contributed by atoms with van der Waals surface area (Å²) in [5.41, 5.74) is 0.491. The quantitative estimate of drug-likeness (QED) is 0.804. The molecule has 0 saturated heterocycles. The summed E-state index contributed by atoms with van der Waals surface area (Å²) in [6.45, 7) is -0.213. The normalized spacial score (nSPS) is 10.4. The van der Waals surface area contributed by atoms with Gasteiger partial charge in [0.05, 0.1) is 22.7 Å². The summed E-state index contributed by atoms with van der Waals surface area (Å²) in [5, 5.41) is 8.95. The molecular formula is C14H11Br2FO3. The lowest BCUT2D eigenvalue weighted by Crippen LogP contribution is -1.93. The summed E-state index contributed by atoms with van der Waals surface area (Å²) in [6.07, 6.45) is 0. The van der Waals surface area contributed by atoms with Gasteiger partial charge in [-0.3, -0.25) is 0 Å². The lowest BCUT2D eigenvalue weighted by atomic mass is 10.2. The predicted molar refractivity (Wildman–Crippen MR) is 80.8 cm³/mol. The molecule has 3 nitrogen and oxygen atoms in total. The van der Waals surface area contributed by atoms with E-state index in [1.165, 1.54) is 12.1 Å². The maximum Gasteiger partial charge on any atom is 0.166 e. The second-order valence-corrected chi connectivity index (χ2v) is 5.65. The first-order valence-corrected chi connectivity index (χ1v) is 7.24. The van der Waals surface area contributed by atoms with Crippen molar-refractivity contribution < 1.29 is 19.0 Å². The molecule has 0 aromatic heterocycles. The van der Waals surface area contributed by atoms with E-state index in [1.807, 2.05) is 0 Å². The fraction of sp³-hybridized carbons (Fsp3) is 0.143. The smallest absolute Gasteiger partial charge is 0.166 e. The number of ether oxygens (including phenoxy) is 2. The molecule has 20 heavy (non-hydrogen) atoms. The molecule has 0 aliphatic heterocycles. The van der Waals surface area contributed by atoms with Crippen LogP contribution in [0.4, 0.5) is 4.39 Å². The van der Waals surface area contributed by atoms with Crippen LogP contribution in [0.15, 0.2) is 39.3 Å². The van der Waals surface area contributed by atoms with Crippen LogP contribution in [0, 0.1) is 5.82 Å². The molecule has 0 bridgehead atoms. The van der Waals surface area contributed by atoms with Crippen molar-refractivity contribution in [2.24, 2.45) is 0 Å². The van der Waals surface area contributed by atoms with Crippen LogP contribution in [-0.4, -0.2) is 12.2 Å². The Kier molecular flexibility index (Phi) is 5.01. The predicted octanol–water partition coefficient (Wildman–Crippen LogP) is 4.64. The van der Waals surface area contributed by atoms with Crippen LogP contribution in [0.5, 0.6) is 17.2 Å². The van der Waals surface area contributed by atoms with E-state index in [-0.39, 0.29) is 12.4 Å². The fourth-order valence-corrected chi connectivity index (χ4v) is 2.48. The summed E-state index contributed by atoms with van der Waals surface area (Å²) in [7, 11) is 1.56. The summed E-state index contributed by atoms with van der Waals surface area (Å²) in [4.78, 5) is 0. The highest BCUT2D eigenvalue weighted by Crippen LogP contribution is 2.38. The molecule has 2 rings (SSSR count). The van der Waals surface area contributed by atoms with E-state index in [1.54, 1.807) is 25.3 Å². The second-order valence-electron chi connectivity index (χ2n) is 3.94. The van der Waals surface area contributed by atoms with Gasteiger partial charge in [-0.25, -0.2) is 4.39 Å². The average molecular weight is 406 g/mol. The Labute approximate surface area is 132 Å². The van der Waals surface area contributed by atoms with Gasteiger partial charge in [-0.1, -0.05) is 6.07 Å². The Morgan fingerprint density at radius 3 is 2.30 bits per heavy atom. The molecule has 106 valence electrons. The number of benzene rings is 2. The second kappa shape index (κ2) is 6.56. The van der Waals surface area contributed by atoms with Crippen molar-refractivity contribution in [3.63, 3.8) is 0 Å². The minimum absolute atomic E-state index is 0.0833. The minimum atomic E-state index is -0.532. The summed E-state index contributed by atoms with van der Waals surface area (Å²) < 4.78 is 25.8. The molecule has 2 aromatic rings. The molecule has 0 atom stereocenters. The van der Waals surface area contributed by atoms with Crippen LogP contribution in [0.2, 0.25) is 0 Å². The highest BCUT2D eigenvalue weighted by Gasteiger charge is 2.12. The van der Waals surface area contributed by atoms with E-state index in [9.17, 15) is 4.39 Å². The zero-order valence-electron chi connectivity index (χ0n) is 10.5. The molecule has 1 N–H and O–H groups in total. The van der Waals surface area contributed by atoms with Gasteiger partial charge in [-0.2, -0.15) is 0 Å². The molecule has 0 unspecified atom stereocenters. The molecule has 0 fully saturated rings. The molecule has 0 spiro atoms. The van der Waals surface area contributed by atoms with E-state index in [2.05, 4.69) is 31.9 Å². The van der Waals surface area contributed by atoms with Crippen LogP contribution >= 0.6 is 31.9 Å². The zero-order chi connectivity index (χ0) is 14.7. The Morgan fingerprint density at radius 1 is 1.05 bits per heavy atom. The van der Waals surface area contributed by atoms with E-state index < -0.39 is 5.82 Å². The number of aliphatic hydroxyl groups is 1. The van der Waals surface area contributed by atoms with Crippen molar-refractivity contribution in [2.45, 2.75) is 6.61 Å². The van der Waals surface area contributed by atoms with Crippen LogP contribution in [0.1, 0.15) is 5.56 Å². The molecule has 0 aliphatic carbocycles. The Balaban J connectivity index is 2.32. The van der Waals surface area contributed by atoms with Crippen LogP contribution in [0.25, 0.3) is 0 Å². The van der Waals surface area contributed by atoms with E-state index in [4.69, 9.17) is 14.6 Å². The molecule has 2 aromatic carbocycles. The van der Waals surface area contributed by atoms with Crippen molar-refractivity contribution >= 4 is 31.9 Å². The van der Waals surface area contributed by atoms with Crippen molar-refractivity contribution in [3.8, 4) is 17.2 Å². The first-order valence-electron chi connectivity index (χ1n) is 5.65. The molecule has 0 aliphatic rings. The summed E-state index contributed by atoms with van der Waals surface area (Å²) >= 11 is 6.69. The van der Waals surface area contributed by atoms with E-state index in [0.717, 1.165) is 0 Å². The van der Waals surface area contributed by atoms with Gasteiger partial charge in [0.15, 0.2) is 11.6 Å². The first-order chi connectivity index (χ1) is 9.55. The summed E-state index contributed by atoms with van der Waals surface area (Å²) in [5.74, 6) is 0.643. The van der Waals surface area contributed by atoms with Crippen molar-refractivity contribution in [1.29, 1.82) is 0 Å². The van der Waals surface area contributed by atoms with Gasteiger partial charge in [-0.15, -0.1) is 0 Å². The highest BCUT2D eigenvalue weighted by atomic mass is 79.9. The highest BCUT2D eigenvalue weighted by molar-refractivity contribution is 9.11. The monoisotopic (exact) mass is 404 g/mol. The molecule has 0 radical (unpaired) electrons. The lowest BCUT2D eigenvalue weighted by molar-refractivity contribution is 0.281. The van der Waals surface area contributed by atoms with E-state index in [0.29, 0.717) is 26.0 Å². The standard InChI is InChI=1S/C14H11Br2FO3/c1-19-13-5-10(16)14(6-9(13)15)20-12-3-2-8(7-18)4-11(12)17/h2-6,18H,7H2,1H3. The molecule has 0 amide bonds. The number of aliphatic hydroxyl groups excluding tert-OH is 1. The van der Waals surface area contributed by atoms with Gasteiger partial charge in [0.25, 0.3) is 0 Å². The van der Waals surface area contributed by atoms with Gasteiger partial charge >= 0.3 is 0 Å². The molecule has 0 heterocycles. The third-order valence-electron chi connectivity index (χ3n) is 2.61. The van der Waals surface area contributed by atoms with Crippen molar-refractivity contribution in [3.05, 3.63) is 50.7 Å². The number of methoxy groups -OCH3 is 1. The Bertz CT molecular complexity index is 632. The minimum Gasteiger partial charge on any atom is -0.496 e. The SMILES string of the molecule is COc1cc(Br)c(Oc2ccc(CO)cc2F)cc1Br. The third kappa shape index (κ3) is 3.31. The number of halogens is 3. The Hall–Kier alpha value is -1.11. The van der Waals surface area contributed by atoms with Crippen molar-refractivity contribution in [1.82, 2.24) is 0 Å². The van der Waals surface area contributed by atoms with Crippen LogP contribution in [-0.2, 0) is 6.61 Å². The maximum absolute atomic E-state index is 13.8. The zero-order valence-corrected chi connectivity index (χ0v) is 13.7. The van der Waals surface area contributed by atoms with Crippen LogP contribution < -0.4 is 9.47 Å². The van der Waals surface area contributed by atoms with Gasteiger partial charge in [0.1, 0.15) is 11.5 Å². The van der Waals surface area contributed by atoms with Crippen molar-refractivity contribution in [2.75, 3.05) is 7.11 Å². The van der Waals surface area contributed by atoms with Gasteiger partial charge in [0.2, 0.25) is 0 Å². The largest absolute Gasteiger partial charge is 0.496 e. The number of rotatable bonds is 4. The number of hydrogen-bond donors (Lipinski definition) is 1. The van der Waals surface area contributed by atoms with Gasteiger partial charge in [-0.05, 0) is 61.7 Å². The molecular weight excluding hydrogens is 395 g/mol. The maximum atomic E-state index is 13.8. The average Bonchev–Trinajstić information content (AvgIpc) is 2.44. The van der Waals surface area contributed by atoms with Gasteiger partial charge in [0, 0.05) is 0 Å². The van der Waals surface area contributed by atoms with Gasteiger partial charge < -0.3 is 14.6 Å². The first kappa shape index (κ1) is 15.3. The summed E-state index contributed by atoms with van der Waals surface area (Å²) in [6, 6.07) is 7.72.